The molecule has 0 aliphatic rings. The molecule has 0 aromatic rings. The van der Waals surface area contributed by atoms with Crippen molar-refractivity contribution in [2.45, 2.75) is 46.1 Å². The van der Waals surface area contributed by atoms with Crippen LogP contribution in [0.2, 0.25) is 0 Å². The van der Waals surface area contributed by atoms with Gasteiger partial charge in [0, 0.05) is 0 Å². The molecule has 82 valence electrons. The quantitative estimate of drug-likeness (QED) is 0.691. The van der Waals surface area contributed by atoms with Gasteiger partial charge in [0.05, 0.1) is 12.8 Å². The van der Waals surface area contributed by atoms with Gasteiger partial charge in [0.1, 0.15) is 5.60 Å². The zero-order valence-electron chi connectivity index (χ0n) is 9.16. The third kappa shape index (κ3) is 4.84. The van der Waals surface area contributed by atoms with Crippen LogP contribution in [-0.2, 0) is 14.3 Å². The van der Waals surface area contributed by atoms with Gasteiger partial charge in [0.25, 0.3) is 0 Å². The molecule has 14 heavy (non-hydrogen) atoms. The fourth-order valence-electron chi connectivity index (χ4n) is 0.671. The van der Waals surface area contributed by atoms with Gasteiger partial charge in [-0.3, -0.25) is 9.59 Å². The number of carboxylic acids is 1. The van der Waals surface area contributed by atoms with E-state index in [1.165, 1.54) is 0 Å². The van der Waals surface area contributed by atoms with E-state index in [-0.39, 0.29) is 18.8 Å². The number of ether oxygens (including phenoxy) is 1. The molecule has 0 saturated heterocycles. The Morgan fingerprint density at radius 1 is 1.29 bits per heavy atom. The van der Waals surface area contributed by atoms with E-state index in [2.05, 4.69) is 0 Å². The molecule has 0 amide bonds. The second-order valence-corrected chi connectivity index (χ2v) is 4.13. The van der Waals surface area contributed by atoms with Crippen molar-refractivity contribution < 1.29 is 19.4 Å². The first kappa shape index (κ1) is 12.9. The first-order valence-corrected chi connectivity index (χ1v) is 4.69. The summed E-state index contributed by atoms with van der Waals surface area (Å²) in [5, 5.41) is 8.36. The number of carbonyl (C=O) groups is 2. The minimum Gasteiger partial charge on any atom is -0.481 e. The van der Waals surface area contributed by atoms with E-state index in [0.717, 1.165) is 0 Å². The molecule has 0 aliphatic heterocycles. The van der Waals surface area contributed by atoms with Gasteiger partial charge in [-0.25, -0.2) is 0 Å². The van der Waals surface area contributed by atoms with E-state index in [9.17, 15) is 9.59 Å². The number of hydrogen-bond donors (Lipinski definition) is 1. The minimum atomic E-state index is -0.982. The third-order valence-electron chi connectivity index (χ3n) is 2.31. The molecule has 0 saturated carbocycles. The van der Waals surface area contributed by atoms with Gasteiger partial charge in [0.2, 0.25) is 0 Å². The predicted molar refractivity (Wildman–Crippen MR) is 51.9 cm³/mol. The maximum atomic E-state index is 11.2. The molecule has 0 aliphatic carbocycles. The van der Waals surface area contributed by atoms with Crippen LogP contribution in [-0.4, -0.2) is 22.6 Å². The zero-order valence-corrected chi connectivity index (χ0v) is 9.16. The summed E-state index contributed by atoms with van der Waals surface area (Å²) in [7, 11) is 0. The summed E-state index contributed by atoms with van der Waals surface area (Å²) in [6.07, 6.45) is -0.238. The monoisotopic (exact) mass is 202 g/mol. The van der Waals surface area contributed by atoms with Gasteiger partial charge >= 0.3 is 11.9 Å². The Labute approximate surface area is 84.3 Å². The van der Waals surface area contributed by atoms with Gasteiger partial charge in [-0.2, -0.15) is 0 Å². The van der Waals surface area contributed by atoms with Crippen LogP contribution in [0.5, 0.6) is 0 Å². The molecular weight excluding hydrogens is 184 g/mol. The maximum absolute atomic E-state index is 11.2. The Kier molecular flexibility index (Phi) is 4.60. The molecule has 1 N–H and O–H groups in total. The van der Waals surface area contributed by atoms with E-state index in [1.54, 1.807) is 0 Å². The molecule has 0 radical (unpaired) electrons. The van der Waals surface area contributed by atoms with Crippen molar-refractivity contribution in [1.29, 1.82) is 0 Å². The fourth-order valence-corrected chi connectivity index (χ4v) is 0.671. The lowest BCUT2D eigenvalue weighted by Gasteiger charge is -2.29. The Balaban J connectivity index is 4.00. The number of aliphatic carboxylic acids is 1. The van der Waals surface area contributed by atoms with Crippen LogP contribution in [0, 0.1) is 5.92 Å². The predicted octanol–water partition coefficient (Wildman–Crippen LogP) is 1.83. The van der Waals surface area contributed by atoms with E-state index in [4.69, 9.17) is 9.84 Å². The van der Waals surface area contributed by atoms with Crippen molar-refractivity contribution in [3.05, 3.63) is 0 Å². The van der Waals surface area contributed by atoms with Crippen LogP contribution in [0.3, 0.4) is 0 Å². The lowest BCUT2D eigenvalue weighted by atomic mass is 9.95. The van der Waals surface area contributed by atoms with Crippen molar-refractivity contribution in [3.63, 3.8) is 0 Å². The lowest BCUT2D eigenvalue weighted by molar-refractivity contribution is -0.162. The average Bonchev–Trinajstić information content (AvgIpc) is 1.99. The van der Waals surface area contributed by atoms with Crippen LogP contribution in [0.15, 0.2) is 0 Å². The molecule has 0 unspecified atom stereocenters. The van der Waals surface area contributed by atoms with Crippen molar-refractivity contribution in [1.82, 2.24) is 0 Å². The van der Waals surface area contributed by atoms with Gasteiger partial charge in [-0.15, -0.1) is 0 Å². The van der Waals surface area contributed by atoms with Crippen molar-refractivity contribution in [2.24, 2.45) is 5.92 Å². The van der Waals surface area contributed by atoms with Crippen LogP contribution >= 0.6 is 0 Å². The van der Waals surface area contributed by atoms with E-state index < -0.39 is 17.5 Å². The van der Waals surface area contributed by atoms with E-state index in [0.29, 0.717) is 0 Å². The lowest BCUT2D eigenvalue weighted by Crippen LogP contribution is -2.33. The second-order valence-electron chi connectivity index (χ2n) is 4.13. The zero-order chi connectivity index (χ0) is 11.4. The highest BCUT2D eigenvalue weighted by atomic mass is 16.6. The summed E-state index contributed by atoms with van der Waals surface area (Å²) in [5.74, 6) is -1.23. The number of esters is 1. The molecule has 4 heteroatoms. The second kappa shape index (κ2) is 4.98. The largest absolute Gasteiger partial charge is 0.481 e. The fraction of sp³-hybridized carbons (Fsp3) is 0.800. The van der Waals surface area contributed by atoms with Crippen molar-refractivity contribution >= 4 is 11.9 Å². The number of carboxylic acid groups (broad SMARTS) is 1. The SMILES string of the molecule is CC(C)C(C)(C)OC(=O)CCC(=O)O. The van der Waals surface area contributed by atoms with Crippen LogP contribution < -0.4 is 0 Å². The molecule has 0 rings (SSSR count). The molecule has 0 aromatic heterocycles. The maximum Gasteiger partial charge on any atom is 0.306 e. The third-order valence-corrected chi connectivity index (χ3v) is 2.31. The number of hydrogen-bond acceptors (Lipinski definition) is 3. The smallest absolute Gasteiger partial charge is 0.306 e. The minimum absolute atomic E-state index is 0.0640. The topological polar surface area (TPSA) is 63.6 Å². The molecule has 0 atom stereocenters. The number of carbonyl (C=O) groups excluding carboxylic acids is 1. The standard InChI is InChI=1S/C10H18O4/c1-7(2)10(3,4)14-9(13)6-5-8(11)12/h7H,5-6H2,1-4H3,(H,11,12). The molecule has 0 aromatic carbocycles. The Morgan fingerprint density at radius 2 is 1.79 bits per heavy atom. The van der Waals surface area contributed by atoms with E-state index in [1.807, 2.05) is 27.7 Å². The summed E-state index contributed by atoms with van der Waals surface area (Å²) < 4.78 is 5.15. The van der Waals surface area contributed by atoms with Gasteiger partial charge in [0.15, 0.2) is 0 Å². The molecular formula is C10H18O4. The Bertz CT molecular complexity index is 218. The van der Waals surface area contributed by atoms with Crippen LogP contribution in [0.25, 0.3) is 0 Å². The molecule has 0 fully saturated rings. The van der Waals surface area contributed by atoms with Crippen molar-refractivity contribution in [2.75, 3.05) is 0 Å². The van der Waals surface area contributed by atoms with Gasteiger partial charge in [-0.1, -0.05) is 13.8 Å². The van der Waals surface area contributed by atoms with Crippen LogP contribution in [0.1, 0.15) is 40.5 Å². The number of rotatable bonds is 5. The molecule has 0 spiro atoms. The van der Waals surface area contributed by atoms with Gasteiger partial charge in [-0.05, 0) is 19.8 Å². The van der Waals surface area contributed by atoms with Crippen LogP contribution in [0.4, 0.5) is 0 Å². The summed E-state index contributed by atoms with van der Waals surface area (Å²) >= 11 is 0. The molecule has 4 nitrogen and oxygen atoms in total. The van der Waals surface area contributed by atoms with Crippen molar-refractivity contribution in [3.8, 4) is 0 Å². The highest BCUT2D eigenvalue weighted by Gasteiger charge is 2.26. The Morgan fingerprint density at radius 3 is 2.14 bits per heavy atom. The summed E-state index contributed by atoms with van der Waals surface area (Å²) in [6.45, 7) is 7.53. The summed E-state index contributed by atoms with van der Waals surface area (Å²) in [4.78, 5) is 21.4. The summed E-state index contributed by atoms with van der Waals surface area (Å²) in [6, 6.07) is 0. The highest BCUT2D eigenvalue weighted by molar-refractivity contribution is 5.76. The van der Waals surface area contributed by atoms with Gasteiger partial charge < -0.3 is 9.84 Å². The first-order valence-electron chi connectivity index (χ1n) is 4.69. The Hall–Kier alpha value is -1.06. The average molecular weight is 202 g/mol. The van der Waals surface area contributed by atoms with E-state index >= 15 is 0 Å². The normalized spacial score (nSPS) is 11.5. The summed E-state index contributed by atoms with van der Waals surface area (Å²) in [5.41, 5.74) is -0.532. The highest BCUT2D eigenvalue weighted by Crippen LogP contribution is 2.21. The molecule has 0 bridgehead atoms. The first-order chi connectivity index (χ1) is 6.25. The molecule has 0 heterocycles.